The van der Waals surface area contributed by atoms with E-state index in [1.807, 2.05) is 0 Å². The van der Waals surface area contributed by atoms with E-state index in [1.165, 1.54) is 19.1 Å². The van der Waals surface area contributed by atoms with Gasteiger partial charge >= 0.3 is 11.7 Å². The zero-order valence-electron chi connectivity index (χ0n) is 12.0. The first-order chi connectivity index (χ1) is 10.8. The minimum absolute atomic E-state index is 0.0279. The van der Waals surface area contributed by atoms with Crippen LogP contribution in [0.15, 0.2) is 12.1 Å². The summed E-state index contributed by atoms with van der Waals surface area (Å²) in [4.78, 5) is 22.7. The van der Waals surface area contributed by atoms with Gasteiger partial charge in [-0.05, 0) is 26.0 Å². The first-order valence-corrected chi connectivity index (χ1v) is 7.47. The van der Waals surface area contributed by atoms with Crippen molar-refractivity contribution in [2.75, 3.05) is 6.61 Å². The van der Waals surface area contributed by atoms with Crippen molar-refractivity contribution in [3.8, 4) is 5.69 Å². The van der Waals surface area contributed by atoms with Gasteiger partial charge in [-0.1, -0.05) is 34.8 Å². The van der Waals surface area contributed by atoms with Gasteiger partial charge in [0.05, 0.1) is 21.6 Å². The molecule has 0 fully saturated rings. The molecular formula is C13H10Cl3N3O4. The first-order valence-electron chi connectivity index (χ1n) is 6.34. The number of hydrogen-bond acceptors (Lipinski definition) is 5. The van der Waals surface area contributed by atoms with Crippen molar-refractivity contribution in [1.29, 1.82) is 0 Å². The lowest BCUT2D eigenvalue weighted by molar-refractivity contribution is -0.385. The Balaban J connectivity index is 2.81. The molecule has 2 aromatic rings. The van der Waals surface area contributed by atoms with Crippen molar-refractivity contribution in [3.63, 3.8) is 0 Å². The molecule has 1 aromatic heterocycles. The van der Waals surface area contributed by atoms with E-state index in [0.717, 1.165) is 4.68 Å². The number of aryl methyl sites for hydroxylation is 1. The number of carbonyl (C=O) groups is 1. The third kappa shape index (κ3) is 3.26. The predicted molar refractivity (Wildman–Crippen MR) is 85.9 cm³/mol. The lowest BCUT2D eigenvalue weighted by Crippen LogP contribution is -2.14. The number of halogens is 3. The molecule has 1 aromatic carbocycles. The third-order valence-electron chi connectivity index (χ3n) is 2.87. The van der Waals surface area contributed by atoms with Gasteiger partial charge in [-0.3, -0.25) is 10.1 Å². The molecule has 10 heteroatoms. The highest BCUT2D eigenvalue weighted by Crippen LogP contribution is 2.35. The van der Waals surface area contributed by atoms with Crippen molar-refractivity contribution < 1.29 is 14.5 Å². The summed E-state index contributed by atoms with van der Waals surface area (Å²) in [6.07, 6.45) is 0. The van der Waals surface area contributed by atoms with E-state index in [1.54, 1.807) is 6.92 Å². The smallest absolute Gasteiger partial charge is 0.364 e. The zero-order valence-corrected chi connectivity index (χ0v) is 14.2. The van der Waals surface area contributed by atoms with Gasteiger partial charge in [0.25, 0.3) is 0 Å². The van der Waals surface area contributed by atoms with Crippen LogP contribution in [-0.2, 0) is 4.74 Å². The van der Waals surface area contributed by atoms with Crippen LogP contribution >= 0.6 is 34.8 Å². The molecule has 7 nitrogen and oxygen atoms in total. The van der Waals surface area contributed by atoms with Crippen LogP contribution in [-0.4, -0.2) is 27.3 Å². The minimum atomic E-state index is -0.901. The van der Waals surface area contributed by atoms with Gasteiger partial charge in [-0.2, -0.15) is 5.10 Å². The van der Waals surface area contributed by atoms with Crippen molar-refractivity contribution in [2.45, 2.75) is 13.8 Å². The van der Waals surface area contributed by atoms with E-state index < -0.39 is 16.6 Å². The molecule has 0 aliphatic rings. The largest absolute Gasteiger partial charge is 0.461 e. The van der Waals surface area contributed by atoms with Gasteiger partial charge in [-0.15, -0.1) is 0 Å². The Morgan fingerprint density at radius 3 is 2.39 bits per heavy atom. The van der Waals surface area contributed by atoms with E-state index >= 15 is 0 Å². The average Bonchev–Trinajstić information content (AvgIpc) is 2.75. The van der Waals surface area contributed by atoms with Crippen molar-refractivity contribution >= 4 is 46.5 Å². The summed E-state index contributed by atoms with van der Waals surface area (Å²) in [5, 5.41) is 15.8. The SMILES string of the molecule is CCOC(=O)c1c([N+](=O)[O-])c(C)nn1-c1c(Cl)cc(Cl)cc1Cl. The van der Waals surface area contributed by atoms with Crippen molar-refractivity contribution in [2.24, 2.45) is 0 Å². The number of carbonyl (C=O) groups excluding carboxylic acids is 1. The van der Waals surface area contributed by atoms with Crippen LogP contribution in [0.1, 0.15) is 23.1 Å². The summed E-state index contributed by atoms with van der Waals surface area (Å²) >= 11 is 18.1. The third-order valence-corrected chi connectivity index (χ3v) is 3.67. The molecule has 23 heavy (non-hydrogen) atoms. The minimum Gasteiger partial charge on any atom is -0.461 e. The zero-order chi connectivity index (χ0) is 17.3. The Morgan fingerprint density at radius 1 is 1.35 bits per heavy atom. The highest BCUT2D eigenvalue weighted by molar-refractivity contribution is 6.40. The van der Waals surface area contributed by atoms with E-state index in [9.17, 15) is 14.9 Å². The number of nitro groups is 1. The van der Waals surface area contributed by atoms with Gasteiger partial charge < -0.3 is 4.74 Å². The number of benzene rings is 1. The standard InChI is InChI=1S/C13H10Cl3N3O4/c1-3-23-13(20)12-10(19(21)22)6(2)17-18(12)11-8(15)4-7(14)5-9(11)16/h4-5H,3H2,1-2H3. The molecule has 0 saturated heterocycles. The fourth-order valence-corrected chi connectivity index (χ4v) is 3.00. The molecule has 1 heterocycles. The topological polar surface area (TPSA) is 87.3 Å². The van der Waals surface area contributed by atoms with Crippen LogP contribution in [0.2, 0.25) is 15.1 Å². The molecule has 0 saturated carbocycles. The Morgan fingerprint density at radius 2 is 1.91 bits per heavy atom. The molecule has 0 aliphatic carbocycles. The van der Waals surface area contributed by atoms with Crippen LogP contribution in [0.25, 0.3) is 5.69 Å². The molecule has 0 aliphatic heterocycles. The fourth-order valence-electron chi connectivity index (χ4n) is 2.02. The summed E-state index contributed by atoms with van der Waals surface area (Å²) in [6.45, 7) is 3.02. The van der Waals surface area contributed by atoms with Crippen LogP contribution in [0.4, 0.5) is 5.69 Å². The Hall–Kier alpha value is -1.83. The summed E-state index contributed by atoms with van der Waals surface area (Å²) in [7, 11) is 0. The van der Waals surface area contributed by atoms with Gasteiger partial charge in [-0.25, -0.2) is 9.48 Å². The Labute approximate surface area is 145 Å². The maximum atomic E-state index is 12.2. The number of aromatic nitrogens is 2. The predicted octanol–water partition coefficient (Wildman–Crippen LogP) is 4.23. The molecular weight excluding hydrogens is 369 g/mol. The highest BCUT2D eigenvalue weighted by Gasteiger charge is 2.33. The van der Waals surface area contributed by atoms with E-state index in [-0.39, 0.29) is 38.8 Å². The highest BCUT2D eigenvalue weighted by atomic mass is 35.5. The van der Waals surface area contributed by atoms with E-state index in [4.69, 9.17) is 39.5 Å². The van der Waals surface area contributed by atoms with E-state index in [0.29, 0.717) is 0 Å². The molecule has 0 spiro atoms. The molecule has 122 valence electrons. The molecule has 0 bridgehead atoms. The Kier molecular flexibility index (Phi) is 5.13. The molecule has 0 radical (unpaired) electrons. The fraction of sp³-hybridized carbons (Fsp3) is 0.231. The second-order valence-electron chi connectivity index (χ2n) is 4.39. The second-order valence-corrected chi connectivity index (χ2v) is 5.64. The summed E-state index contributed by atoms with van der Waals surface area (Å²) in [5.41, 5.74) is -0.692. The van der Waals surface area contributed by atoms with Crippen LogP contribution in [0.5, 0.6) is 0 Å². The number of hydrogen-bond donors (Lipinski definition) is 0. The normalized spacial score (nSPS) is 10.7. The average molecular weight is 379 g/mol. The molecule has 0 amide bonds. The monoisotopic (exact) mass is 377 g/mol. The number of esters is 1. The number of ether oxygens (including phenoxy) is 1. The summed E-state index contributed by atoms with van der Waals surface area (Å²) < 4.78 is 5.89. The summed E-state index contributed by atoms with van der Waals surface area (Å²) in [6, 6.07) is 2.78. The lowest BCUT2D eigenvalue weighted by atomic mass is 10.2. The van der Waals surface area contributed by atoms with Gasteiger partial charge in [0.15, 0.2) is 0 Å². The van der Waals surface area contributed by atoms with Gasteiger partial charge in [0.2, 0.25) is 5.69 Å². The number of rotatable bonds is 4. The van der Waals surface area contributed by atoms with E-state index in [2.05, 4.69) is 5.10 Å². The molecule has 2 rings (SSSR count). The maximum Gasteiger partial charge on any atom is 0.364 e. The van der Waals surface area contributed by atoms with Gasteiger partial charge in [0.1, 0.15) is 11.4 Å². The van der Waals surface area contributed by atoms with Crippen molar-refractivity contribution in [3.05, 3.63) is 48.7 Å². The second kappa shape index (κ2) is 6.74. The maximum absolute atomic E-state index is 12.2. The molecule has 0 atom stereocenters. The summed E-state index contributed by atoms with van der Waals surface area (Å²) in [5.74, 6) is -0.901. The van der Waals surface area contributed by atoms with Crippen LogP contribution in [0.3, 0.4) is 0 Å². The van der Waals surface area contributed by atoms with Crippen molar-refractivity contribution in [1.82, 2.24) is 9.78 Å². The first kappa shape index (κ1) is 17.5. The quantitative estimate of drug-likeness (QED) is 0.451. The van der Waals surface area contributed by atoms with Crippen LogP contribution in [0, 0.1) is 17.0 Å². The van der Waals surface area contributed by atoms with Crippen LogP contribution < -0.4 is 0 Å². The van der Waals surface area contributed by atoms with Gasteiger partial charge in [0, 0.05) is 5.02 Å². The lowest BCUT2D eigenvalue weighted by Gasteiger charge is -2.10. The Bertz CT molecular complexity index is 781. The molecule has 0 unspecified atom stereocenters. The number of nitrogens with zero attached hydrogens (tertiary/aromatic N) is 3. The molecule has 0 N–H and O–H groups in total.